The molecule has 0 saturated heterocycles. The number of aromatic nitrogens is 2. The fourth-order valence-electron chi connectivity index (χ4n) is 6.12. The lowest BCUT2D eigenvalue weighted by Gasteiger charge is -2.39. The van der Waals surface area contributed by atoms with Crippen molar-refractivity contribution in [3.63, 3.8) is 0 Å². The Morgan fingerprint density at radius 1 is 1.14 bits per heavy atom. The lowest BCUT2D eigenvalue weighted by molar-refractivity contribution is -0.122. The van der Waals surface area contributed by atoms with Crippen LogP contribution >= 0.6 is 0 Å². The monoisotopic (exact) mass is 478 g/mol. The van der Waals surface area contributed by atoms with Crippen LogP contribution in [-0.4, -0.2) is 53.0 Å². The Labute approximate surface area is 210 Å². The van der Waals surface area contributed by atoms with Gasteiger partial charge in [0.2, 0.25) is 11.9 Å². The first-order chi connectivity index (χ1) is 16.7. The van der Waals surface area contributed by atoms with E-state index in [1.54, 1.807) is 6.20 Å². The van der Waals surface area contributed by atoms with E-state index in [0.29, 0.717) is 11.9 Å². The summed E-state index contributed by atoms with van der Waals surface area (Å²) in [5.74, 6) is 1.25. The maximum Gasteiger partial charge on any atom is 0.227 e. The number of carbonyl (C=O) groups is 1. The van der Waals surface area contributed by atoms with Gasteiger partial charge in [-0.25, -0.2) is 9.97 Å². The minimum atomic E-state index is 0.0450. The third-order valence-electron chi connectivity index (χ3n) is 8.95. The maximum atomic E-state index is 12.9. The van der Waals surface area contributed by atoms with Gasteiger partial charge in [0, 0.05) is 36.7 Å². The van der Waals surface area contributed by atoms with Crippen molar-refractivity contribution >= 4 is 23.2 Å². The molecule has 2 saturated carbocycles. The zero-order chi connectivity index (χ0) is 25.1. The second-order valence-electron chi connectivity index (χ2n) is 10.9. The zero-order valence-corrected chi connectivity index (χ0v) is 22.0. The highest BCUT2D eigenvalue weighted by Crippen LogP contribution is 2.65. The summed E-state index contributed by atoms with van der Waals surface area (Å²) in [6, 6.07) is 10.2. The highest BCUT2D eigenvalue weighted by molar-refractivity contribution is 5.78. The van der Waals surface area contributed by atoms with Gasteiger partial charge < -0.3 is 20.9 Å². The number of carbonyl (C=O) groups excluding carboxylic acids is 1. The van der Waals surface area contributed by atoms with Crippen LogP contribution in [0.2, 0.25) is 0 Å². The van der Waals surface area contributed by atoms with Crippen LogP contribution in [0.25, 0.3) is 0 Å². The smallest absolute Gasteiger partial charge is 0.227 e. The molecule has 1 aromatic heterocycles. The Kier molecular flexibility index (Phi) is 7.64. The summed E-state index contributed by atoms with van der Waals surface area (Å²) in [4.78, 5) is 24.3. The first kappa shape index (κ1) is 25.4. The molecule has 1 heterocycles. The summed E-state index contributed by atoms with van der Waals surface area (Å²) in [6.45, 7) is 15.5. The number of fused-ring (bicyclic) bond motifs is 2. The fraction of sp³-hybridized carbons (Fsp3) is 0.607. The molecule has 3 atom stereocenters. The topological polar surface area (TPSA) is 82.2 Å². The number of hydrogen-bond donors (Lipinski definition) is 3. The van der Waals surface area contributed by atoms with E-state index in [2.05, 4.69) is 77.6 Å². The molecule has 4 rings (SSSR count). The summed E-state index contributed by atoms with van der Waals surface area (Å²) in [6.07, 6.45) is 5.54. The van der Waals surface area contributed by atoms with Crippen molar-refractivity contribution in [1.29, 1.82) is 0 Å². The van der Waals surface area contributed by atoms with Crippen LogP contribution in [0.15, 0.2) is 36.5 Å². The van der Waals surface area contributed by atoms with Crippen molar-refractivity contribution in [2.75, 3.05) is 36.8 Å². The molecule has 2 aliphatic carbocycles. The van der Waals surface area contributed by atoms with Gasteiger partial charge in [-0.2, -0.15) is 0 Å². The van der Waals surface area contributed by atoms with E-state index in [0.717, 1.165) is 49.7 Å². The number of anilines is 3. The lowest BCUT2D eigenvalue weighted by atomic mass is 9.69. The normalized spacial score (nSPS) is 24.5. The summed E-state index contributed by atoms with van der Waals surface area (Å²) >= 11 is 0. The molecule has 2 aromatic rings. The molecule has 190 valence electrons. The van der Waals surface area contributed by atoms with Crippen molar-refractivity contribution in [3.8, 4) is 0 Å². The molecular weight excluding hydrogens is 436 g/mol. The second-order valence-corrected chi connectivity index (χ2v) is 10.9. The standard InChI is InChI=1S/C28H42N6O/c1-6-34(7-2)16-15-29-21-9-8-10-22(18-21)31-26-30-14-12-23(32-26)19-25(35)33-24-17-20-11-13-28(24,5)27(20,3)4/h8-10,12,14,18,20,24,29H,6-7,11,13,15-17,19H2,1-5H3,(H,33,35)(H,30,31,32). The molecule has 1 aromatic carbocycles. The van der Waals surface area contributed by atoms with Gasteiger partial charge in [0.1, 0.15) is 0 Å². The quantitative estimate of drug-likeness (QED) is 0.428. The van der Waals surface area contributed by atoms with Gasteiger partial charge >= 0.3 is 0 Å². The molecular formula is C28H42N6O. The molecule has 0 spiro atoms. The number of amides is 1. The molecule has 7 heteroatoms. The van der Waals surface area contributed by atoms with Crippen LogP contribution in [0.1, 0.15) is 59.6 Å². The molecule has 35 heavy (non-hydrogen) atoms. The Hall–Kier alpha value is -2.67. The van der Waals surface area contributed by atoms with E-state index in [9.17, 15) is 4.79 Å². The Bertz CT molecular complexity index is 1020. The van der Waals surface area contributed by atoms with E-state index in [4.69, 9.17) is 0 Å². The number of nitrogens with one attached hydrogen (secondary N) is 3. The maximum absolute atomic E-state index is 12.9. The highest BCUT2D eigenvalue weighted by Gasteiger charge is 2.61. The number of hydrogen-bond acceptors (Lipinski definition) is 6. The molecule has 2 bridgehead atoms. The molecule has 3 unspecified atom stereocenters. The van der Waals surface area contributed by atoms with Crippen LogP contribution in [0, 0.1) is 16.7 Å². The number of benzene rings is 1. The van der Waals surface area contributed by atoms with Crippen molar-refractivity contribution in [2.45, 2.75) is 66.3 Å². The van der Waals surface area contributed by atoms with Crippen LogP contribution in [0.5, 0.6) is 0 Å². The summed E-state index contributed by atoms with van der Waals surface area (Å²) in [5, 5.41) is 10.1. The largest absolute Gasteiger partial charge is 0.384 e. The third-order valence-corrected chi connectivity index (χ3v) is 8.95. The lowest BCUT2D eigenvalue weighted by Crippen LogP contribution is -2.47. The zero-order valence-electron chi connectivity index (χ0n) is 22.0. The van der Waals surface area contributed by atoms with Gasteiger partial charge in [0.25, 0.3) is 0 Å². The van der Waals surface area contributed by atoms with E-state index in [1.165, 1.54) is 12.8 Å². The Morgan fingerprint density at radius 3 is 2.60 bits per heavy atom. The number of likely N-dealkylation sites (N-methyl/N-ethyl adjacent to an activating group) is 1. The summed E-state index contributed by atoms with van der Waals surface area (Å²) in [7, 11) is 0. The van der Waals surface area contributed by atoms with Gasteiger partial charge in [-0.3, -0.25) is 4.79 Å². The van der Waals surface area contributed by atoms with Crippen LogP contribution < -0.4 is 16.0 Å². The first-order valence-corrected chi connectivity index (χ1v) is 13.2. The predicted octanol–water partition coefficient (Wildman–Crippen LogP) is 4.85. The highest BCUT2D eigenvalue weighted by atomic mass is 16.1. The third kappa shape index (κ3) is 5.45. The van der Waals surface area contributed by atoms with Crippen molar-refractivity contribution in [1.82, 2.24) is 20.2 Å². The average molecular weight is 479 g/mol. The number of nitrogens with zero attached hydrogens (tertiary/aromatic N) is 3. The molecule has 2 aliphatic rings. The van der Waals surface area contributed by atoms with E-state index in [-0.39, 0.29) is 29.2 Å². The van der Waals surface area contributed by atoms with Gasteiger partial charge in [-0.05, 0) is 73.4 Å². The van der Waals surface area contributed by atoms with Crippen molar-refractivity contribution in [2.24, 2.45) is 16.7 Å². The Balaban J connectivity index is 1.32. The molecule has 0 radical (unpaired) electrons. The second kappa shape index (κ2) is 10.5. The van der Waals surface area contributed by atoms with Crippen molar-refractivity contribution in [3.05, 3.63) is 42.2 Å². The minimum absolute atomic E-state index is 0.0450. The van der Waals surface area contributed by atoms with E-state index >= 15 is 0 Å². The predicted molar refractivity (Wildman–Crippen MR) is 143 cm³/mol. The average Bonchev–Trinajstić information content (AvgIpc) is 3.16. The van der Waals surface area contributed by atoms with Crippen LogP contribution in [0.3, 0.4) is 0 Å². The molecule has 2 fully saturated rings. The summed E-state index contributed by atoms with van der Waals surface area (Å²) < 4.78 is 0. The van der Waals surface area contributed by atoms with Crippen molar-refractivity contribution < 1.29 is 4.79 Å². The molecule has 7 nitrogen and oxygen atoms in total. The number of rotatable bonds is 11. The van der Waals surface area contributed by atoms with Gasteiger partial charge in [0.15, 0.2) is 0 Å². The first-order valence-electron chi connectivity index (χ1n) is 13.2. The van der Waals surface area contributed by atoms with Crippen LogP contribution in [-0.2, 0) is 11.2 Å². The Morgan fingerprint density at radius 2 is 1.91 bits per heavy atom. The van der Waals surface area contributed by atoms with E-state index < -0.39 is 0 Å². The van der Waals surface area contributed by atoms with Gasteiger partial charge in [-0.15, -0.1) is 0 Å². The molecule has 0 aliphatic heterocycles. The SMILES string of the molecule is CCN(CC)CCNc1cccc(Nc2nccc(CC(=O)NC3CC4CCC3(C)C4(C)C)n2)c1. The molecule has 3 N–H and O–H groups in total. The molecule has 1 amide bonds. The minimum Gasteiger partial charge on any atom is -0.384 e. The van der Waals surface area contributed by atoms with Gasteiger partial charge in [0.05, 0.1) is 12.1 Å². The summed E-state index contributed by atoms with van der Waals surface area (Å²) in [5.41, 5.74) is 3.15. The van der Waals surface area contributed by atoms with Crippen LogP contribution in [0.4, 0.5) is 17.3 Å². The van der Waals surface area contributed by atoms with E-state index in [1.807, 2.05) is 18.2 Å². The van der Waals surface area contributed by atoms with Gasteiger partial charge in [-0.1, -0.05) is 40.7 Å². The fourth-order valence-corrected chi connectivity index (χ4v) is 6.12.